The largest absolute Gasteiger partial charge is 0.398 e. The van der Waals surface area contributed by atoms with Gasteiger partial charge >= 0.3 is 0 Å². The number of para-hydroxylation sites is 1. The van der Waals surface area contributed by atoms with Crippen LogP contribution in [0.1, 0.15) is 45.1 Å². The molecule has 0 saturated heterocycles. The Hall–Kier alpha value is -1.02. The molecule has 1 aromatic rings. The molecule has 0 amide bonds. The van der Waals surface area contributed by atoms with Crippen LogP contribution in [-0.4, -0.2) is 5.11 Å². The first-order valence-electron chi connectivity index (χ1n) is 5.65. The van der Waals surface area contributed by atoms with Crippen molar-refractivity contribution in [1.82, 2.24) is 0 Å². The lowest BCUT2D eigenvalue weighted by Gasteiger charge is -2.25. The van der Waals surface area contributed by atoms with E-state index >= 15 is 0 Å². The molecule has 0 heterocycles. The van der Waals surface area contributed by atoms with Crippen LogP contribution < -0.4 is 5.73 Å². The summed E-state index contributed by atoms with van der Waals surface area (Å²) in [6, 6.07) is 7.55. The monoisotopic (exact) mass is 207 g/mol. The predicted octanol–water partition coefficient (Wildman–Crippen LogP) is 3.06. The minimum atomic E-state index is -0.791. The third-order valence-corrected chi connectivity index (χ3v) is 2.81. The van der Waals surface area contributed by atoms with Gasteiger partial charge in [0.2, 0.25) is 0 Å². The van der Waals surface area contributed by atoms with Crippen LogP contribution in [0.25, 0.3) is 0 Å². The van der Waals surface area contributed by atoms with Crippen molar-refractivity contribution in [2.24, 2.45) is 0 Å². The Bertz CT molecular complexity index is 307. The highest BCUT2D eigenvalue weighted by Gasteiger charge is 2.24. The van der Waals surface area contributed by atoms with Crippen LogP contribution in [0.2, 0.25) is 0 Å². The molecule has 0 aliphatic heterocycles. The van der Waals surface area contributed by atoms with Gasteiger partial charge in [-0.25, -0.2) is 0 Å². The summed E-state index contributed by atoms with van der Waals surface area (Å²) < 4.78 is 0. The molecule has 15 heavy (non-hydrogen) atoms. The fourth-order valence-corrected chi connectivity index (χ4v) is 1.84. The number of benzene rings is 1. The topological polar surface area (TPSA) is 46.2 Å². The molecule has 0 bridgehead atoms. The van der Waals surface area contributed by atoms with Gasteiger partial charge < -0.3 is 10.8 Å². The van der Waals surface area contributed by atoms with E-state index in [2.05, 4.69) is 6.92 Å². The third-order valence-electron chi connectivity index (χ3n) is 2.81. The van der Waals surface area contributed by atoms with Crippen molar-refractivity contribution in [1.29, 1.82) is 0 Å². The molecular weight excluding hydrogens is 186 g/mol. The molecule has 0 spiro atoms. The molecule has 1 aromatic carbocycles. The zero-order valence-corrected chi connectivity index (χ0v) is 9.66. The van der Waals surface area contributed by atoms with Crippen molar-refractivity contribution in [3.63, 3.8) is 0 Å². The summed E-state index contributed by atoms with van der Waals surface area (Å²) >= 11 is 0. The molecule has 2 nitrogen and oxygen atoms in total. The molecule has 0 aliphatic carbocycles. The highest BCUT2D eigenvalue weighted by atomic mass is 16.3. The molecule has 1 atom stereocenters. The van der Waals surface area contributed by atoms with Gasteiger partial charge in [0.25, 0.3) is 0 Å². The van der Waals surface area contributed by atoms with Gasteiger partial charge in [0, 0.05) is 11.3 Å². The zero-order chi connectivity index (χ0) is 11.3. The maximum atomic E-state index is 10.3. The van der Waals surface area contributed by atoms with Crippen LogP contribution >= 0.6 is 0 Å². The summed E-state index contributed by atoms with van der Waals surface area (Å²) in [6.07, 6.45) is 4.14. The van der Waals surface area contributed by atoms with E-state index in [1.807, 2.05) is 31.2 Å². The molecule has 3 N–H and O–H groups in total. The molecular formula is C13H21NO. The van der Waals surface area contributed by atoms with E-state index in [0.717, 1.165) is 24.8 Å². The molecule has 2 heteroatoms. The van der Waals surface area contributed by atoms with Gasteiger partial charge in [0.15, 0.2) is 0 Å². The van der Waals surface area contributed by atoms with Crippen LogP contribution in [-0.2, 0) is 5.60 Å². The van der Waals surface area contributed by atoms with Crippen molar-refractivity contribution in [2.75, 3.05) is 5.73 Å². The Balaban J connectivity index is 2.72. The number of nitrogens with two attached hydrogens (primary N) is 1. The molecule has 0 saturated carbocycles. The van der Waals surface area contributed by atoms with E-state index in [4.69, 9.17) is 5.73 Å². The first kappa shape index (κ1) is 12.1. The maximum absolute atomic E-state index is 10.3. The van der Waals surface area contributed by atoms with Crippen molar-refractivity contribution in [2.45, 2.75) is 45.1 Å². The average molecular weight is 207 g/mol. The number of aliphatic hydroxyl groups is 1. The minimum Gasteiger partial charge on any atom is -0.398 e. The summed E-state index contributed by atoms with van der Waals surface area (Å²) in [5.74, 6) is 0. The molecule has 0 fully saturated rings. The van der Waals surface area contributed by atoms with Crippen LogP contribution in [0.3, 0.4) is 0 Å². The molecule has 1 rings (SSSR count). The van der Waals surface area contributed by atoms with Crippen LogP contribution in [0.15, 0.2) is 24.3 Å². The lowest BCUT2D eigenvalue weighted by Crippen LogP contribution is -2.22. The Morgan fingerprint density at radius 2 is 1.93 bits per heavy atom. The summed E-state index contributed by atoms with van der Waals surface area (Å²) in [4.78, 5) is 0. The van der Waals surface area contributed by atoms with Crippen molar-refractivity contribution in [3.05, 3.63) is 29.8 Å². The lowest BCUT2D eigenvalue weighted by molar-refractivity contribution is 0.0457. The predicted molar refractivity (Wildman–Crippen MR) is 64.6 cm³/mol. The highest BCUT2D eigenvalue weighted by molar-refractivity contribution is 5.49. The fourth-order valence-electron chi connectivity index (χ4n) is 1.84. The van der Waals surface area contributed by atoms with Crippen molar-refractivity contribution >= 4 is 5.69 Å². The number of anilines is 1. The van der Waals surface area contributed by atoms with Gasteiger partial charge in [-0.3, -0.25) is 0 Å². The van der Waals surface area contributed by atoms with E-state index in [1.54, 1.807) is 0 Å². The second kappa shape index (κ2) is 5.17. The maximum Gasteiger partial charge on any atom is 0.0888 e. The number of rotatable bonds is 5. The Morgan fingerprint density at radius 1 is 1.27 bits per heavy atom. The van der Waals surface area contributed by atoms with E-state index < -0.39 is 5.60 Å². The quantitative estimate of drug-likeness (QED) is 0.576. The Kier molecular flexibility index (Phi) is 4.15. The zero-order valence-electron chi connectivity index (χ0n) is 9.66. The number of hydrogen-bond donors (Lipinski definition) is 2. The highest BCUT2D eigenvalue weighted by Crippen LogP contribution is 2.30. The molecule has 1 unspecified atom stereocenters. The van der Waals surface area contributed by atoms with Gasteiger partial charge in [-0.2, -0.15) is 0 Å². The van der Waals surface area contributed by atoms with Gasteiger partial charge in [0.05, 0.1) is 5.60 Å². The average Bonchev–Trinajstić information content (AvgIpc) is 2.18. The summed E-state index contributed by atoms with van der Waals surface area (Å²) in [7, 11) is 0. The standard InChI is InChI=1S/C13H21NO/c1-3-4-7-10-13(2,15)11-8-5-6-9-12(11)14/h5-6,8-9,15H,3-4,7,10,14H2,1-2H3. The smallest absolute Gasteiger partial charge is 0.0888 e. The fraction of sp³-hybridized carbons (Fsp3) is 0.538. The lowest BCUT2D eigenvalue weighted by atomic mass is 9.89. The molecule has 0 radical (unpaired) electrons. The van der Waals surface area contributed by atoms with E-state index in [9.17, 15) is 5.11 Å². The van der Waals surface area contributed by atoms with E-state index in [-0.39, 0.29) is 0 Å². The number of nitrogen functional groups attached to an aromatic ring is 1. The first-order chi connectivity index (χ1) is 7.08. The van der Waals surface area contributed by atoms with Crippen LogP contribution in [0.4, 0.5) is 5.69 Å². The van der Waals surface area contributed by atoms with Crippen LogP contribution in [0.5, 0.6) is 0 Å². The number of unbranched alkanes of at least 4 members (excludes halogenated alkanes) is 2. The SMILES string of the molecule is CCCCCC(C)(O)c1ccccc1N. The second-order valence-corrected chi connectivity index (χ2v) is 4.32. The number of hydrogen-bond acceptors (Lipinski definition) is 2. The van der Waals surface area contributed by atoms with Gasteiger partial charge in [-0.05, 0) is 19.4 Å². The Morgan fingerprint density at radius 3 is 2.53 bits per heavy atom. The van der Waals surface area contributed by atoms with Crippen molar-refractivity contribution < 1.29 is 5.11 Å². The van der Waals surface area contributed by atoms with Gasteiger partial charge in [0.1, 0.15) is 0 Å². The third kappa shape index (κ3) is 3.24. The second-order valence-electron chi connectivity index (χ2n) is 4.32. The first-order valence-corrected chi connectivity index (χ1v) is 5.65. The summed E-state index contributed by atoms with van der Waals surface area (Å²) in [6.45, 7) is 4.00. The van der Waals surface area contributed by atoms with E-state index in [1.165, 1.54) is 6.42 Å². The molecule has 84 valence electrons. The van der Waals surface area contributed by atoms with Gasteiger partial charge in [-0.1, -0.05) is 44.4 Å². The normalized spacial score (nSPS) is 14.9. The van der Waals surface area contributed by atoms with Gasteiger partial charge in [-0.15, -0.1) is 0 Å². The summed E-state index contributed by atoms with van der Waals surface area (Å²) in [5, 5.41) is 10.3. The van der Waals surface area contributed by atoms with Crippen LogP contribution in [0, 0.1) is 0 Å². The van der Waals surface area contributed by atoms with E-state index in [0.29, 0.717) is 5.69 Å². The minimum absolute atomic E-state index is 0.680. The molecule has 0 aliphatic rings. The molecule has 0 aromatic heterocycles. The summed E-state index contributed by atoms with van der Waals surface area (Å²) in [5.41, 5.74) is 6.59. The van der Waals surface area contributed by atoms with Crippen molar-refractivity contribution in [3.8, 4) is 0 Å². The Labute approximate surface area is 92.1 Å².